The van der Waals surface area contributed by atoms with E-state index in [1.165, 1.54) is 11.3 Å². The minimum atomic E-state index is -1.01. The molecule has 1 aromatic heterocycles. The fourth-order valence-corrected chi connectivity index (χ4v) is 3.57. The lowest BCUT2D eigenvalue weighted by atomic mass is 10.0. The van der Waals surface area contributed by atoms with Gasteiger partial charge in [0.15, 0.2) is 0 Å². The predicted octanol–water partition coefficient (Wildman–Crippen LogP) is 0.781. The maximum Gasteiger partial charge on any atom is 0.262 e. The van der Waals surface area contributed by atoms with E-state index in [0.717, 1.165) is 0 Å². The summed E-state index contributed by atoms with van der Waals surface area (Å²) in [5, 5.41) is 15.2. The predicted molar refractivity (Wildman–Crippen MR) is 90.6 cm³/mol. The van der Waals surface area contributed by atoms with Gasteiger partial charge in [0, 0.05) is 13.1 Å². The molecule has 1 aromatic rings. The molecule has 0 bridgehead atoms. The van der Waals surface area contributed by atoms with E-state index in [2.05, 4.69) is 5.32 Å². The Kier molecular flexibility index (Phi) is 5.13. The van der Waals surface area contributed by atoms with Crippen molar-refractivity contribution in [1.82, 2.24) is 15.1 Å². The third-order valence-electron chi connectivity index (χ3n) is 3.94. The fraction of sp³-hybridized carbons (Fsp3) is 0.625. The van der Waals surface area contributed by atoms with E-state index in [-0.39, 0.29) is 11.8 Å². The molecular formula is C16H25N3O3S. The molecular weight excluding hydrogens is 314 g/mol. The van der Waals surface area contributed by atoms with E-state index in [0.29, 0.717) is 30.9 Å². The van der Waals surface area contributed by atoms with E-state index in [1.807, 2.05) is 24.4 Å². The molecule has 0 aliphatic carbocycles. The third-order valence-corrected chi connectivity index (χ3v) is 4.80. The fourth-order valence-electron chi connectivity index (χ4n) is 2.95. The number of nitrogens with zero attached hydrogens (tertiary/aromatic N) is 2. The van der Waals surface area contributed by atoms with Crippen molar-refractivity contribution < 1.29 is 14.7 Å². The number of hydrogen-bond acceptors (Lipinski definition) is 5. The van der Waals surface area contributed by atoms with Gasteiger partial charge < -0.3 is 20.2 Å². The number of nitrogens with one attached hydrogen (secondary N) is 1. The molecule has 6 nitrogen and oxygen atoms in total. The summed E-state index contributed by atoms with van der Waals surface area (Å²) in [4.78, 5) is 29.1. The molecule has 0 aromatic carbocycles. The minimum Gasteiger partial charge on any atom is -0.387 e. The Hall–Kier alpha value is -1.44. The molecule has 1 saturated heterocycles. The van der Waals surface area contributed by atoms with Gasteiger partial charge in [0.2, 0.25) is 5.91 Å². The van der Waals surface area contributed by atoms with Gasteiger partial charge in [-0.1, -0.05) is 6.07 Å². The number of rotatable bonds is 5. The van der Waals surface area contributed by atoms with Gasteiger partial charge in [0.05, 0.1) is 17.0 Å². The van der Waals surface area contributed by atoms with Crippen LogP contribution in [0.3, 0.4) is 0 Å². The van der Waals surface area contributed by atoms with Crippen LogP contribution in [-0.4, -0.2) is 71.6 Å². The monoisotopic (exact) mass is 339 g/mol. The highest BCUT2D eigenvalue weighted by Gasteiger charge is 2.43. The van der Waals surface area contributed by atoms with Crippen LogP contribution in [0.2, 0.25) is 0 Å². The van der Waals surface area contributed by atoms with Crippen molar-refractivity contribution in [3.63, 3.8) is 0 Å². The number of carbonyl (C=O) groups is 2. The highest BCUT2D eigenvalue weighted by atomic mass is 32.1. The molecule has 1 atom stereocenters. The first-order chi connectivity index (χ1) is 10.6. The van der Waals surface area contributed by atoms with Crippen LogP contribution in [0.1, 0.15) is 29.9 Å². The standard InChI is InChI=1S/C16H25N3O3S/c1-15(2,17-13(20)12-6-5-9-23-12)14(21)19-8-7-16(22,11-19)10-18(3)4/h5-6,9,22H,7-8,10-11H2,1-4H3,(H,17,20). The van der Waals surface area contributed by atoms with Gasteiger partial charge in [-0.15, -0.1) is 11.3 Å². The van der Waals surface area contributed by atoms with E-state index in [9.17, 15) is 14.7 Å². The van der Waals surface area contributed by atoms with E-state index >= 15 is 0 Å². The van der Waals surface area contributed by atoms with Crippen LogP contribution in [-0.2, 0) is 4.79 Å². The Morgan fingerprint density at radius 3 is 2.74 bits per heavy atom. The summed E-state index contributed by atoms with van der Waals surface area (Å²) < 4.78 is 0. The number of carbonyl (C=O) groups excluding carboxylic acids is 2. The number of likely N-dealkylation sites (N-methyl/N-ethyl adjacent to an activating group) is 1. The van der Waals surface area contributed by atoms with E-state index in [4.69, 9.17) is 0 Å². The van der Waals surface area contributed by atoms with Crippen LogP contribution in [0.25, 0.3) is 0 Å². The van der Waals surface area contributed by atoms with Crippen molar-refractivity contribution in [3.8, 4) is 0 Å². The summed E-state index contributed by atoms with van der Waals surface area (Å²) in [6.45, 7) is 4.71. The summed E-state index contributed by atoms with van der Waals surface area (Å²) in [5.74, 6) is -0.418. The van der Waals surface area contributed by atoms with Crippen LogP contribution in [0.5, 0.6) is 0 Å². The van der Waals surface area contributed by atoms with Crippen molar-refractivity contribution in [2.75, 3.05) is 33.7 Å². The van der Waals surface area contributed by atoms with Crippen LogP contribution in [0, 0.1) is 0 Å². The lowest BCUT2D eigenvalue weighted by molar-refractivity contribution is -0.136. The van der Waals surface area contributed by atoms with Crippen molar-refractivity contribution in [1.29, 1.82) is 0 Å². The average molecular weight is 339 g/mol. The van der Waals surface area contributed by atoms with Gasteiger partial charge >= 0.3 is 0 Å². The smallest absolute Gasteiger partial charge is 0.262 e. The van der Waals surface area contributed by atoms with Crippen LogP contribution < -0.4 is 5.32 Å². The van der Waals surface area contributed by atoms with Gasteiger partial charge in [0.25, 0.3) is 5.91 Å². The average Bonchev–Trinajstić information content (AvgIpc) is 3.06. The first kappa shape index (κ1) is 17.9. The van der Waals surface area contributed by atoms with Gasteiger partial charge in [0.1, 0.15) is 5.54 Å². The highest BCUT2D eigenvalue weighted by molar-refractivity contribution is 7.12. The lowest BCUT2D eigenvalue weighted by Crippen LogP contribution is -2.56. The molecule has 2 rings (SSSR count). The maximum absolute atomic E-state index is 12.7. The van der Waals surface area contributed by atoms with Crippen molar-refractivity contribution >= 4 is 23.2 Å². The summed E-state index contributed by atoms with van der Waals surface area (Å²) in [6, 6.07) is 3.53. The van der Waals surface area contributed by atoms with E-state index < -0.39 is 11.1 Å². The van der Waals surface area contributed by atoms with Gasteiger partial charge in [-0.05, 0) is 45.8 Å². The number of hydrogen-bond donors (Lipinski definition) is 2. The summed E-state index contributed by atoms with van der Waals surface area (Å²) in [5.41, 5.74) is -1.89. The molecule has 1 aliphatic rings. The molecule has 7 heteroatoms. The summed E-state index contributed by atoms with van der Waals surface area (Å²) in [7, 11) is 3.79. The SMILES string of the molecule is CN(C)CC1(O)CCN(C(=O)C(C)(C)NC(=O)c2cccs2)C1. The minimum absolute atomic E-state index is 0.169. The van der Waals surface area contributed by atoms with Crippen molar-refractivity contribution in [2.24, 2.45) is 0 Å². The topological polar surface area (TPSA) is 72.9 Å². The van der Waals surface area contributed by atoms with Gasteiger partial charge in [-0.3, -0.25) is 9.59 Å². The molecule has 1 fully saturated rings. The number of amides is 2. The largest absolute Gasteiger partial charge is 0.387 e. The number of aliphatic hydroxyl groups is 1. The third kappa shape index (κ3) is 4.31. The molecule has 2 N–H and O–H groups in total. The second-order valence-corrected chi connectivity index (χ2v) is 7.94. The molecule has 0 saturated carbocycles. The molecule has 2 heterocycles. The lowest BCUT2D eigenvalue weighted by Gasteiger charge is -2.31. The molecule has 0 spiro atoms. The summed E-state index contributed by atoms with van der Waals surface area (Å²) in [6.07, 6.45) is 0.547. The van der Waals surface area contributed by atoms with Gasteiger partial charge in [-0.2, -0.15) is 0 Å². The Balaban J connectivity index is 2.00. The summed E-state index contributed by atoms with van der Waals surface area (Å²) >= 11 is 1.34. The Labute approximate surface area is 141 Å². The second kappa shape index (κ2) is 6.59. The molecule has 1 unspecified atom stereocenters. The van der Waals surface area contributed by atoms with E-state index in [1.54, 1.807) is 30.9 Å². The Morgan fingerprint density at radius 1 is 1.48 bits per heavy atom. The molecule has 128 valence electrons. The van der Waals surface area contributed by atoms with Crippen molar-refractivity contribution in [2.45, 2.75) is 31.4 Å². The molecule has 23 heavy (non-hydrogen) atoms. The van der Waals surface area contributed by atoms with Gasteiger partial charge in [-0.25, -0.2) is 0 Å². The second-order valence-electron chi connectivity index (χ2n) is 7.00. The number of likely N-dealkylation sites (tertiary alicyclic amines) is 1. The first-order valence-electron chi connectivity index (χ1n) is 7.65. The van der Waals surface area contributed by atoms with Crippen LogP contribution in [0.15, 0.2) is 17.5 Å². The zero-order valence-electron chi connectivity index (χ0n) is 14.1. The van der Waals surface area contributed by atoms with Crippen LogP contribution >= 0.6 is 11.3 Å². The Morgan fingerprint density at radius 2 is 2.17 bits per heavy atom. The number of β-amino-alcohol motifs (C(OH)–C–C–N with tert-alkyl or cyclic N) is 1. The Bertz CT molecular complexity index is 571. The quantitative estimate of drug-likeness (QED) is 0.832. The zero-order valence-corrected chi connectivity index (χ0v) is 14.9. The first-order valence-corrected chi connectivity index (χ1v) is 8.53. The zero-order chi connectivity index (χ0) is 17.3. The number of thiophene rings is 1. The normalized spacial score (nSPS) is 21.7. The van der Waals surface area contributed by atoms with Crippen LogP contribution in [0.4, 0.5) is 0 Å². The molecule has 0 radical (unpaired) electrons. The molecule has 1 aliphatic heterocycles. The highest BCUT2D eigenvalue weighted by Crippen LogP contribution is 2.24. The van der Waals surface area contributed by atoms with Crippen molar-refractivity contribution in [3.05, 3.63) is 22.4 Å². The maximum atomic E-state index is 12.7. The molecule has 2 amide bonds.